The number of nitrogens with zero attached hydrogens (tertiary/aromatic N) is 1. The zero-order valence-corrected chi connectivity index (χ0v) is 11.6. The number of anilines is 1. The number of amides is 1. The number of nitrogen functional groups attached to an aromatic ring is 1. The molecule has 3 N–H and O–H groups in total. The first-order valence-electron chi connectivity index (χ1n) is 6.20. The molecular formula is C13H18ClN3O2. The highest BCUT2D eigenvalue weighted by molar-refractivity contribution is 6.36. The summed E-state index contributed by atoms with van der Waals surface area (Å²) in [5.41, 5.74) is 6.47. The predicted octanol–water partition coefficient (Wildman–Crippen LogP) is 0.983. The third-order valence-corrected chi connectivity index (χ3v) is 3.53. The Balaban J connectivity index is 1.92. The Kier molecular flexibility index (Phi) is 4.63. The maximum Gasteiger partial charge on any atom is 0.252 e. The topological polar surface area (TPSA) is 67.6 Å². The number of hydrogen-bond acceptors (Lipinski definition) is 4. The monoisotopic (exact) mass is 283 g/mol. The molecule has 1 unspecified atom stereocenters. The number of nitrogens with two attached hydrogens (primary N) is 1. The number of morpholine rings is 1. The number of hydrogen-bond donors (Lipinski definition) is 2. The van der Waals surface area contributed by atoms with Crippen molar-refractivity contribution in [1.29, 1.82) is 0 Å². The van der Waals surface area contributed by atoms with Gasteiger partial charge in [-0.2, -0.15) is 0 Å². The molecule has 1 aromatic rings. The van der Waals surface area contributed by atoms with E-state index in [2.05, 4.69) is 10.2 Å². The maximum atomic E-state index is 12.0. The van der Waals surface area contributed by atoms with Crippen molar-refractivity contribution in [1.82, 2.24) is 10.2 Å². The van der Waals surface area contributed by atoms with E-state index in [9.17, 15) is 4.79 Å². The summed E-state index contributed by atoms with van der Waals surface area (Å²) < 4.78 is 5.57. The predicted molar refractivity (Wildman–Crippen MR) is 75.4 cm³/mol. The first-order chi connectivity index (χ1) is 9.08. The van der Waals surface area contributed by atoms with Crippen molar-refractivity contribution in [3.05, 3.63) is 28.8 Å². The average Bonchev–Trinajstić information content (AvgIpc) is 2.39. The molecule has 1 amide bonds. The van der Waals surface area contributed by atoms with Gasteiger partial charge in [0.05, 0.1) is 29.0 Å². The van der Waals surface area contributed by atoms with Crippen LogP contribution in [0.2, 0.25) is 5.02 Å². The van der Waals surface area contributed by atoms with Crippen molar-refractivity contribution >= 4 is 23.2 Å². The van der Waals surface area contributed by atoms with Gasteiger partial charge in [-0.3, -0.25) is 4.79 Å². The fourth-order valence-electron chi connectivity index (χ4n) is 2.02. The van der Waals surface area contributed by atoms with Gasteiger partial charge in [0.15, 0.2) is 0 Å². The largest absolute Gasteiger partial charge is 0.398 e. The Labute approximate surface area is 117 Å². The van der Waals surface area contributed by atoms with Crippen LogP contribution in [0.3, 0.4) is 0 Å². The van der Waals surface area contributed by atoms with Gasteiger partial charge >= 0.3 is 0 Å². The van der Waals surface area contributed by atoms with Crippen LogP contribution < -0.4 is 11.1 Å². The number of benzene rings is 1. The van der Waals surface area contributed by atoms with E-state index in [0.717, 1.165) is 13.1 Å². The normalized spacial score (nSPS) is 20.2. The van der Waals surface area contributed by atoms with E-state index in [4.69, 9.17) is 22.1 Å². The quantitative estimate of drug-likeness (QED) is 0.812. The smallest absolute Gasteiger partial charge is 0.252 e. The SMILES string of the molecule is CN1CCOC(CNC(=O)c2cccc(N)c2Cl)C1. The molecule has 0 bridgehead atoms. The van der Waals surface area contributed by atoms with Crippen LogP contribution in [-0.4, -0.2) is 50.2 Å². The Bertz CT molecular complexity index is 467. The minimum Gasteiger partial charge on any atom is -0.398 e. The van der Waals surface area contributed by atoms with E-state index in [0.29, 0.717) is 29.4 Å². The van der Waals surface area contributed by atoms with E-state index in [-0.39, 0.29) is 12.0 Å². The van der Waals surface area contributed by atoms with Gasteiger partial charge in [-0.1, -0.05) is 17.7 Å². The summed E-state index contributed by atoms with van der Waals surface area (Å²) in [6, 6.07) is 5.03. The molecule has 2 rings (SSSR count). The number of halogens is 1. The third kappa shape index (κ3) is 3.59. The van der Waals surface area contributed by atoms with E-state index in [1.165, 1.54) is 0 Å². The Morgan fingerprint density at radius 3 is 3.16 bits per heavy atom. The molecule has 19 heavy (non-hydrogen) atoms. The molecular weight excluding hydrogens is 266 g/mol. The summed E-state index contributed by atoms with van der Waals surface area (Å²) in [5, 5.41) is 3.12. The van der Waals surface area contributed by atoms with E-state index in [1.54, 1.807) is 18.2 Å². The lowest BCUT2D eigenvalue weighted by atomic mass is 10.2. The van der Waals surface area contributed by atoms with Crippen molar-refractivity contribution < 1.29 is 9.53 Å². The Hall–Kier alpha value is -1.30. The lowest BCUT2D eigenvalue weighted by Crippen LogP contribution is -2.45. The molecule has 1 fully saturated rings. The molecule has 0 aromatic heterocycles. The van der Waals surface area contributed by atoms with Crippen molar-refractivity contribution in [2.24, 2.45) is 0 Å². The molecule has 1 aliphatic rings. The average molecular weight is 284 g/mol. The number of rotatable bonds is 3. The second-order valence-corrected chi connectivity index (χ2v) is 5.05. The molecule has 1 saturated heterocycles. The highest BCUT2D eigenvalue weighted by Gasteiger charge is 2.19. The van der Waals surface area contributed by atoms with Gasteiger partial charge in [0.25, 0.3) is 5.91 Å². The van der Waals surface area contributed by atoms with Gasteiger partial charge in [-0.05, 0) is 19.2 Å². The highest BCUT2D eigenvalue weighted by atomic mass is 35.5. The summed E-state index contributed by atoms with van der Waals surface area (Å²) in [7, 11) is 2.03. The summed E-state index contributed by atoms with van der Waals surface area (Å²) >= 11 is 6.01. The van der Waals surface area contributed by atoms with Gasteiger partial charge in [0, 0.05) is 19.6 Å². The number of ether oxygens (including phenoxy) is 1. The van der Waals surface area contributed by atoms with Crippen LogP contribution in [0.25, 0.3) is 0 Å². The fourth-order valence-corrected chi connectivity index (χ4v) is 2.23. The zero-order valence-electron chi connectivity index (χ0n) is 10.9. The van der Waals surface area contributed by atoms with Gasteiger partial charge in [-0.15, -0.1) is 0 Å². The molecule has 0 spiro atoms. The highest BCUT2D eigenvalue weighted by Crippen LogP contribution is 2.22. The molecule has 0 aliphatic carbocycles. The molecule has 6 heteroatoms. The minimum atomic E-state index is -0.228. The van der Waals surface area contributed by atoms with Crippen LogP contribution in [0.1, 0.15) is 10.4 Å². The number of likely N-dealkylation sites (N-methyl/N-ethyl adjacent to an activating group) is 1. The third-order valence-electron chi connectivity index (χ3n) is 3.11. The number of nitrogens with one attached hydrogen (secondary N) is 1. The van der Waals surface area contributed by atoms with E-state index < -0.39 is 0 Å². The van der Waals surface area contributed by atoms with Crippen LogP contribution >= 0.6 is 11.6 Å². The lowest BCUT2D eigenvalue weighted by Gasteiger charge is -2.30. The minimum absolute atomic E-state index is 0.0162. The standard InChI is InChI=1S/C13H18ClN3O2/c1-17-5-6-19-9(8-17)7-16-13(18)10-3-2-4-11(15)12(10)14/h2-4,9H,5-8,15H2,1H3,(H,16,18). The van der Waals surface area contributed by atoms with Crippen LogP contribution in [0.15, 0.2) is 18.2 Å². The van der Waals surface area contributed by atoms with Crippen LogP contribution in [-0.2, 0) is 4.74 Å². The number of carbonyl (C=O) groups is 1. The summed E-state index contributed by atoms with van der Waals surface area (Å²) in [6.45, 7) is 2.89. The van der Waals surface area contributed by atoms with Gasteiger partial charge in [-0.25, -0.2) is 0 Å². The summed E-state index contributed by atoms with van der Waals surface area (Å²) in [6.07, 6.45) is 0.0162. The second kappa shape index (κ2) is 6.23. The van der Waals surface area contributed by atoms with Crippen molar-refractivity contribution in [3.63, 3.8) is 0 Å². The zero-order chi connectivity index (χ0) is 13.8. The first kappa shape index (κ1) is 14.1. The maximum absolute atomic E-state index is 12.0. The molecule has 0 radical (unpaired) electrons. The molecule has 1 aliphatic heterocycles. The van der Waals surface area contributed by atoms with Crippen LogP contribution in [0.4, 0.5) is 5.69 Å². The molecule has 5 nitrogen and oxygen atoms in total. The van der Waals surface area contributed by atoms with Crippen molar-refractivity contribution in [2.75, 3.05) is 39.0 Å². The van der Waals surface area contributed by atoms with E-state index >= 15 is 0 Å². The van der Waals surface area contributed by atoms with Crippen molar-refractivity contribution in [2.45, 2.75) is 6.10 Å². The molecule has 104 valence electrons. The second-order valence-electron chi connectivity index (χ2n) is 4.67. The molecule has 1 heterocycles. The lowest BCUT2D eigenvalue weighted by molar-refractivity contribution is -0.0175. The van der Waals surface area contributed by atoms with E-state index in [1.807, 2.05) is 7.05 Å². The number of carbonyl (C=O) groups excluding carboxylic acids is 1. The Morgan fingerprint density at radius 1 is 1.63 bits per heavy atom. The Morgan fingerprint density at radius 2 is 2.42 bits per heavy atom. The van der Waals surface area contributed by atoms with Crippen LogP contribution in [0.5, 0.6) is 0 Å². The first-order valence-corrected chi connectivity index (χ1v) is 6.58. The molecule has 0 saturated carbocycles. The van der Waals surface area contributed by atoms with Crippen molar-refractivity contribution in [3.8, 4) is 0 Å². The summed E-state index contributed by atoms with van der Waals surface area (Å²) in [4.78, 5) is 14.2. The van der Waals surface area contributed by atoms with Gasteiger partial charge < -0.3 is 20.7 Å². The fraction of sp³-hybridized carbons (Fsp3) is 0.462. The van der Waals surface area contributed by atoms with Gasteiger partial charge in [0.2, 0.25) is 0 Å². The molecule has 1 atom stereocenters. The van der Waals surface area contributed by atoms with Crippen LogP contribution in [0, 0.1) is 0 Å². The molecule has 1 aromatic carbocycles. The summed E-state index contributed by atoms with van der Waals surface area (Å²) in [5.74, 6) is -0.228. The van der Waals surface area contributed by atoms with Gasteiger partial charge in [0.1, 0.15) is 0 Å².